The summed E-state index contributed by atoms with van der Waals surface area (Å²) >= 11 is 6.42. The summed E-state index contributed by atoms with van der Waals surface area (Å²) in [5.74, 6) is 1.28. The van der Waals surface area contributed by atoms with Crippen LogP contribution in [0.1, 0.15) is 23.6 Å². The first-order valence-electron chi connectivity index (χ1n) is 9.99. The van der Waals surface area contributed by atoms with Gasteiger partial charge in [0.25, 0.3) is 5.91 Å². The molecule has 1 fully saturated rings. The average molecular weight is 429 g/mol. The fourth-order valence-electron chi connectivity index (χ4n) is 4.18. The Morgan fingerprint density at radius 1 is 1.47 bits per heavy atom. The topological polar surface area (TPSA) is 90.0 Å². The number of aliphatic hydroxyl groups excluding tert-OH is 1. The zero-order chi connectivity index (χ0) is 21.3. The smallest absolute Gasteiger partial charge is 0.264 e. The minimum atomic E-state index is -0.601. The number of piperazine rings is 1. The van der Waals surface area contributed by atoms with Crippen molar-refractivity contribution in [3.8, 4) is 5.75 Å². The SMILES string of the molecule is C=Nc1[nH]ccc1/C(=C\C)c1cc(Cl)cc2c1OC(C(=O)N1CCNC(CO)C1)C2. The van der Waals surface area contributed by atoms with E-state index in [-0.39, 0.29) is 18.6 Å². The minimum Gasteiger partial charge on any atom is -0.479 e. The maximum atomic E-state index is 13.1. The van der Waals surface area contributed by atoms with E-state index in [0.717, 1.165) is 22.3 Å². The third-order valence-electron chi connectivity index (χ3n) is 5.61. The number of aliphatic imine (C=N–C) groups is 1. The van der Waals surface area contributed by atoms with Crippen molar-refractivity contribution in [2.24, 2.45) is 4.99 Å². The van der Waals surface area contributed by atoms with Gasteiger partial charge in [0.2, 0.25) is 0 Å². The molecule has 1 aromatic heterocycles. The summed E-state index contributed by atoms with van der Waals surface area (Å²) in [5.41, 5.74) is 3.54. The van der Waals surface area contributed by atoms with E-state index in [1.807, 2.05) is 37.4 Å². The monoisotopic (exact) mass is 428 g/mol. The van der Waals surface area contributed by atoms with Gasteiger partial charge in [0.05, 0.1) is 6.61 Å². The number of hydrogen-bond donors (Lipinski definition) is 3. The molecule has 158 valence electrons. The van der Waals surface area contributed by atoms with Gasteiger partial charge in [-0.2, -0.15) is 0 Å². The van der Waals surface area contributed by atoms with Crippen molar-refractivity contribution in [2.75, 3.05) is 26.2 Å². The molecule has 0 bridgehead atoms. The number of aromatic amines is 1. The van der Waals surface area contributed by atoms with Crippen LogP contribution in [0.4, 0.5) is 5.82 Å². The van der Waals surface area contributed by atoms with Gasteiger partial charge in [0.15, 0.2) is 6.10 Å². The molecule has 2 aliphatic heterocycles. The molecule has 2 unspecified atom stereocenters. The van der Waals surface area contributed by atoms with E-state index in [9.17, 15) is 9.90 Å². The molecule has 1 amide bonds. The van der Waals surface area contributed by atoms with Crippen molar-refractivity contribution in [1.29, 1.82) is 0 Å². The summed E-state index contributed by atoms with van der Waals surface area (Å²) in [6.45, 7) is 7.28. The quantitative estimate of drug-likeness (QED) is 0.638. The molecule has 1 aromatic carbocycles. The van der Waals surface area contributed by atoms with Crippen LogP contribution in [-0.4, -0.2) is 66.0 Å². The van der Waals surface area contributed by atoms with Crippen LogP contribution in [0.25, 0.3) is 5.57 Å². The number of nitrogens with zero attached hydrogens (tertiary/aromatic N) is 2. The predicted molar refractivity (Wildman–Crippen MR) is 118 cm³/mol. The third kappa shape index (κ3) is 3.76. The van der Waals surface area contributed by atoms with Crippen molar-refractivity contribution in [2.45, 2.75) is 25.5 Å². The molecule has 8 heteroatoms. The van der Waals surface area contributed by atoms with Crippen LogP contribution in [0.5, 0.6) is 5.75 Å². The summed E-state index contributed by atoms with van der Waals surface area (Å²) in [7, 11) is 0. The number of fused-ring (bicyclic) bond motifs is 1. The Morgan fingerprint density at radius 2 is 2.30 bits per heavy atom. The molecule has 0 aliphatic carbocycles. The molecule has 0 spiro atoms. The van der Waals surface area contributed by atoms with E-state index < -0.39 is 6.10 Å². The van der Waals surface area contributed by atoms with Crippen LogP contribution in [0.3, 0.4) is 0 Å². The lowest BCUT2D eigenvalue weighted by Gasteiger charge is -2.34. The highest BCUT2D eigenvalue weighted by Crippen LogP contribution is 2.42. The zero-order valence-electron chi connectivity index (χ0n) is 16.8. The van der Waals surface area contributed by atoms with Crippen LogP contribution >= 0.6 is 11.6 Å². The van der Waals surface area contributed by atoms with Gasteiger partial charge in [-0.15, -0.1) is 0 Å². The lowest BCUT2D eigenvalue weighted by atomic mass is 9.96. The summed E-state index contributed by atoms with van der Waals surface area (Å²) in [6.07, 6.45) is 3.65. The van der Waals surface area contributed by atoms with Gasteiger partial charge in [-0.1, -0.05) is 17.7 Å². The molecule has 2 atom stereocenters. The molecule has 1 saturated heterocycles. The van der Waals surface area contributed by atoms with Crippen molar-refractivity contribution in [3.05, 3.63) is 52.2 Å². The minimum absolute atomic E-state index is 0.00369. The number of rotatable bonds is 5. The lowest BCUT2D eigenvalue weighted by Crippen LogP contribution is -2.56. The normalized spacial score (nSPS) is 21.3. The highest BCUT2D eigenvalue weighted by molar-refractivity contribution is 6.31. The number of aliphatic hydroxyl groups is 1. The number of amides is 1. The summed E-state index contributed by atoms with van der Waals surface area (Å²) in [6, 6.07) is 5.54. The van der Waals surface area contributed by atoms with Crippen molar-refractivity contribution in [1.82, 2.24) is 15.2 Å². The molecule has 3 heterocycles. The molecule has 7 nitrogen and oxygen atoms in total. The first-order chi connectivity index (χ1) is 14.5. The van der Waals surface area contributed by atoms with Crippen LogP contribution in [0.15, 0.2) is 35.5 Å². The van der Waals surface area contributed by atoms with E-state index >= 15 is 0 Å². The van der Waals surface area contributed by atoms with Crippen LogP contribution in [-0.2, 0) is 11.2 Å². The van der Waals surface area contributed by atoms with E-state index in [1.54, 1.807) is 4.90 Å². The molecule has 4 rings (SSSR count). The molecule has 3 N–H and O–H groups in total. The molecule has 0 radical (unpaired) electrons. The summed E-state index contributed by atoms with van der Waals surface area (Å²) < 4.78 is 6.20. The van der Waals surface area contributed by atoms with Gasteiger partial charge < -0.3 is 25.0 Å². The predicted octanol–water partition coefficient (Wildman–Crippen LogP) is 2.55. The maximum absolute atomic E-state index is 13.1. The number of nitrogens with one attached hydrogen (secondary N) is 2. The Morgan fingerprint density at radius 3 is 3.03 bits per heavy atom. The number of hydrogen-bond acceptors (Lipinski definition) is 5. The van der Waals surface area contributed by atoms with Crippen LogP contribution in [0.2, 0.25) is 5.02 Å². The third-order valence-corrected chi connectivity index (χ3v) is 5.83. The Balaban J connectivity index is 1.64. The number of halogens is 1. The van der Waals surface area contributed by atoms with Crippen LogP contribution < -0.4 is 10.1 Å². The standard InChI is InChI=1S/C22H25ClN4O3/c1-3-16(17-4-5-26-21(17)24-2)18-10-14(23)8-13-9-19(30-20(13)18)22(29)27-7-6-25-15(11-27)12-28/h3-5,8,10,15,19,25-26,28H,2,6-7,9,11-12H2,1H3/b16-3+. The summed E-state index contributed by atoms with van der Waals surface area (Å²) in [5, 5.41) is 13.2. The van der Waals surface area contributed by atoms with Crippen LogP contribution in [0, 0.1) is 0 Å². The van der Waals surface area contributed by atoms with Gasteiger partial charge in [-0.25, -0.2) is 4.99 Å². The highest BCUT2D eigenvalue weighted by Gasteiger charge is 2.36. The lowest BCUT2D eigenvalue weighted by molar-refractivity contribution is -0.139. The Hall–Kier alpha value is -2.61. The fourth-order valence-corrected chi connectivity index (χ4v) is 4.42. The number of aromatic nitrogens is 1. The van der Waals surface area contributed by atoms with Gasteiger partial charge in [0, 0.05) is 60.0 Å². The van der Waals surface area contributed by atoms with Crippen molar-refractivity contribution < 1.29 is 14.6 Å². The van der Waals surface area contributed by atoms with E-state index in [1.165, 1.54) is 0 Å². The molecule has 0 saturated carbocycles. The second-order valence-corrected chi connectivity index (χ2v) is 7.91. The van der Waals surface area contributed by atoms with Gasteiger partial charge in [0.1, 0.15) is 11.6 Å². The zero-order valence-corrected chi connectivity index (χ0v) is 17.6. The number of allylic oxidation sites excluding steroid dienone is 1. The maximum Gasteiger partial charge on any atom is 0.264 e. The Labute approximate surface area is 180 Å². The number of ether oxygens (including phenoxy) is 1. The number of carbonyl (C=O) groups excluding carboxylic acids is 1. The molecule has 30 heavy (non-hydrogen) atoms. The molecule has 2 aromatic rings. The van der Waals surface area contributed by atoms with Gasteiger partial charge >= 0.3 is 0 Å². The van der Waals surface area contributed by atoms with Gasteiger partial charge in [-0.3, -0.25) is 4.79 Å². The first kappa shape index (κ1) is 20.7. The Kier molecular flexibility index (Phi) is 5.94. The molecular formula is C22H25ClN4O3. The molecular weight excluding hydrogens is 404 g/mol. The van der Waals surface area contributed by atoms with Crippen molar-refractivity contribution >= 4 is 35.6 Å². The number of H-pyrrole nitrogens is 1. The second-order valence-electron chi connectivity index (χ2n) is 7.47. The largest absolute Gasteiger partial charge is 0.479 e. The van der Waals surface area contributed by atoms with E-state index in [4.69, 9.17) is 16.3 Å². The molecule has 2 aliphatic rings. The number of carbonyl (C=O) groups is 1. The fraction of sp³-hybridized carbons (Fsp3) is 0.364. The second kappa shape index (κ2) is 8.63. The highest BCUT2D eigenvalue weighted by atomic mass is 35.5. The average Bonchev–Trinajstić information content (AvgIpc) is 3.40. The van der Waals surface area contributed by atoms with Gasteiger partial charge in [-0.05, 0) is 37.4 Å². The van der Waals surface area contributed by atoms with E-state index in [0.29, 0.717) is 42.6 Å². The Bertz CT molecular complexity index is 1000. The van der Waals surface area contributed by atoms with Crippen molar-refractivity contribution in [3.63, 3.8) is 0 Å². The van der Waals surface area contributed by atoms with E-state index in [2.05, 4.69) is 22.0 Å². The number of benzene rings is 1. The summed E-state index contributed by atoms with van der Waals surface area (Å²) in [4.78, 5) is 22.0. The first-order valence-corrected chi connectivity index (χ1v) is 10.4.